The second kappa shape index (κ2) is 10.1. The molecule has 0 fully saturated rings. The Kier molecular flexibility index (Phi) is 7.07. The minimum atomic E-state index is 0.171. The number of carbonyl (C=O) groups excluding carboxylic acids is 1. The van der Waals surface area contributed by atoms with Crippen molar-refractivity contribution in [1.82, 2.24) is 19.7 Å². The zero-order chi connectivity index (χ0) is 21.6. The topological polar surface area (TPSA) is 51.0 Å². The first-order valence-corrected chi connectivity index (χ1v) is 12.0. The Morgan fingerprint density at radius 1 is 1.00 bits per heavy atom. The van der Waals surface area contributed by atoms with Crippen molar-refractivity contribution in [3.63, 3.8) is 0 Å². The molecule has 0 bridgehead atoms. The average Bonchev–Trinajstić information content (AvgIpc) is 3.17. The third-order valence-corrected chi connectivity index (χ3v) is 6.58. The van der Waals surface area contributed by atoms with Crippen LogP contribution in [-0.4, -0.2) is 37.9 Å². The molecule has 2 aromatic carbocycles. The Hall–Kier alpha value is -2.60. The molecule has 1 aliphatic rings. The highest BCUT2D eigenvalue weighted by molar-refractivity contribution is 7.99. The molecule has 1 aliphatic heterocycles. The van der Waals surface area contributed by atoms with Gasteiger partial charge in [0.2, 0.25) is 5.91 Å². The number of rotatable bonds is 8. The Morgan fingerprint density at radius 2 is 1.74 bits per heavy atom. The van der Waals surface area contributed by atoms with Gasteiger partial charge in [-0.05, 0) is 35.4 Å². The molecule has 6 heteroatoms. The number of hydrogen-bond acceptors (Lipinski definition) is 4. The van der Waals surface area contributed by atoms with E-state index in [0.29, 0.717) is 18.2 Å². The van der Waals surface area contributed by atoms with E-state index in [-0.39, 0.29) is 5.91 Å². The van der Waals surface area contributed by atoms with E-state index in [0.717, 1.165) is 43.3 Å². The van der Waals surface area contributed by atoms with Crippen LogP contribution in [0.5, 0.6) is 0 Å². The molecule has 0 saturated heterocycles. The lowest BCUT2D eigenvalue weighted by molar-refractivity contribution is -0.129. The molecule has 0 saturated carbocycles. The average molecular weight is 435 g/mol. The molecule has 3 aromatic rings. The van der Waals surface area contributed by atoms with Gasteiger partial charge in [0, 0.05) is 26.1 Å². The summed E-state index contributed by atoms with van der Waals surface area (Å²) in [5.74, 6) is 2.06. The fourth-order valence-electron chi connectivity index (χ4n) is 3.99. The van der Waals surface area contributed by atoms with Crippen molar-refractivity contribution >= 4 is 17.7 Å². The number of hydrogen-bond donors (Lipinski definition) is 0. The van der Waals surface area contributed by atoms with E-state index in [4.69, 9.17) is 0 Å². The summed E-state index contributed by atoms with van der Waals surface area (Å²) in [7, 11) is 0. The standard InChI is InChI=1S/C25H30N4OS/c1-19(2)16-29-23(13-12-20-8-4-3-5-9-20)26-27-25(29)31-18-24(30)28-15-14-21-10-6-7-11-22(21)17-28/h3-11,19H,12-18H2,1-2H3. The van der Waals surface area contributed by atoms with Crippen molar-refractivity contribution in [1.29, 1.82) is 0 Å². The van der Waals surface area contributed by atoms with Crippen molar-refractivity contribution in [2.45, 2.75) is 51.4 Å². The molecule has 1 aromatic heterocycles. The van der Waals surface area contributed by atoms with E-state index < -0.39 is 0 Å². The maximum absolute atomic E-state index is 12.9. The van der Waals surface area contributed by atoms with E-state index in [2.05, 4.69) is 71.1 Å². The molecule has 162 valence electrons. The summed E-state index contributed by atoms with van der Waals surface area (Å²) in [4.78, 5) is 14.8. The summed E-state index contributed by atoms with van der Waals surface area (Å²) in [5.41, 5.74) is 3.92. The van der Waals surface area contributed by atoms with Crippen LogP contribution in [0, 0.1) is 5.92 Å². The van der Waals surface area contributed by atoms with Gasteiger partial charge >= 0.3 is 0 Å². The Bertz CT molecular complexity index is 1020. The normalized spacial score (nSPS) is 13.5. The maximum atomic E-state index is 12.9. The Balaban J connectivity index is 1.39. The number of fused-ring (bicyclic) bond motifs is 1. The van der Waals surface area contributed by atoms with Gasteiger partial charge in [-0.25, -0.2) is 0 Å². The van der Waals surface area contributed by atoms with Crippen LogP contribution in [0.3, 0.4) is 0 Å². The molecule has 4 rings (SSSR count). The lowest BCUT2D eigenvalue weighted by Crippen LogP contribution is -2.37. The Morgan fingerprint density at radius 3 is 2.52 bits per heavy atom. The van der Waals surface area contributed by atoms with Gasteiger partial charge in [-0.2, -0.15) is 0 Å². The van der Waals surface area contributed by atoms with Gasteiger partial charge < -0.3 is 9.47 Å². The highest BCUT2D eigenvalue weighted by Crippen LogP contribution is 2.23. The first-order valence-electron chi connectivity index (χ1n) is 11.0. The maximum Gasteiger partial charge on any atom is 0.233 e. The summed E-state index contributed by atoms with van der Waals surface area (Å²) in [5, 5.41) is 9.76. The summed E-state index contributed by atoms with van der Waals surface area (Å²) >= 11 is 1.51. The summed E-state index contributed by atoms with van der Waals surface area (Å²) in [6.07, 6.45) is 2.72. The molecule has 5 nitrogen and oxygen atoms in total. The molecule has 0 atom stereocenters. The molecule has 0 N–H and O–H groups in total. The van der Waals surface area contributed by atoms with Crippen molar-refractivity contribution in [2.24, 2.45) is 5.92 Å². The van der Waals surface area contributed by atoms with Crippen LogP contribution in [0.4, 0.5) is 0 Å². The second-order valence-corrected chi connectivity index (χ2v) is 9.45. The zero-order valence-electron chi connectivity index (χ0n) is 18.3. The molecular formula is C25H30N4OS. The largest absolute Gasteiger partial charge is 0.337 e. The quantitative estimate of drug-likeness (QED) is 0.493. The number of amides is 1. The van der Waals surface area contributed by atoms with Gasteiger partial charge in [0.1, 0.15) is 5.82 Å². The minimum absolute atomic E-state index is 0.171. The Labute approximate surface area is 188 Å². The number of aryl methyl sites for hydroxylation is 2. The van der Waals surface area contributed by atoms with E-state index >= 15 is 0 Å². The van der Waals surface area contributed by atoms with E-state index in [1.807, 2.05) is 17.0 Å². The predicted molar refractivity (Wildman–Crippen MR) is 125 cm³/mol. The number of carbonyl (C=O) groups is 1. The summed E-state index contributed by atoms with van der Waals surface area (Å²) < 4.78 is 2.21. The van der Waals surface area contributed by atoms with Gasteiger partial charge in [-0.15, -0.1) is 10.2 Å². The highest BCUT2D eigenvalue weighted by atomic mass is 32.2. The van der Waals surface area contributed by atoms with Crippen molar-refractivity contribution in [3.05, 3.63) is 77.1 Å². The number of aromatic nitrogens is 3. The highest BCUT2D eigenvalue weighted by Gasteiger charge is 2.22. The van der Waals surface area contributed by atoms with Crippen LogP contribution in [0.2, 0.25) is 0 Å². The lowest BCUT2D eigenvalue weighted by atomic mass is 10.00. The van der Waals surface area contributed by atoms with Crippen LogP contribution in [0.25, 0.3) is 0 Å². The SMILES string of the molecule is CC(C)Cn1c(CCc2ccccc2)nnc1SCC(=O)N1CCc2ccccc2C1. The molecule has 2 heterocycles. The third kappa shape index (κ3) is 5.56. The fourth-order valence-corrected chi connectivity index (χ4v) is 4.86. The van der Waals surface area contributed by atoms with Crippen LogP contribution in [0.1, 0.15) is 36.4 Å². The van der Waals surface area contributed by atoms with Gasteiger partial charge in [0.15, 0.2) is 5.16 Å². The summed E-state index contributed by atoms with van der Waals surface area (Å²) in [6, 6.07) is 18.9. The van der Waals surface area contributed by atoms with Gasteiger partial charge in [-0.3, -0.25) is 4.79 Å². The third-order valence-electron chi connectivity index (χ3n) is 5.63. The van der Waals surface area contributed by atoms with Crippen molar-refractivity contribution in [3.8, 4) is 0 Å². The number of benzene rings is 2. The van der Waals surface area contributed by atoms with Crippen LogP contribution < -0.4 is 0 Å². The molecule has 0 aliphatic carbocycles. The van der Waals surface area contributed by atoms with E-state index in [9.17, 15) is 4.79 Å². The van der Waals surface area contributed by atoms with Gasteiger partial charge in [-0.1, -0.05) is 80.2 Å². The lowest BCUT2D eigenvalue weighted by Gasteiger charge is -2.28. The number of thioether (sulfide) groups is 1. The molecule has 1 amide bonds. The van der Waals surface area contributed by atoms with Crippen molar-refractivity contribution in [2.75, 3.05) is 12.3 Å². The van der Waals surface area contributed by atoms with Crippen LogP contribution in [-0.2, 0) is 37.1 Å². The smallest absolute Gasteiger partial charge is 0.233 e. The van der Waals surface area contributed by atoms with Gasteiger partial charge in [0.25, 0.3) is 0 Å². The summed E-state index contributed by atoms with van der Waals surface area (Å²) in [6.45, 7) is 6.76. The first-order chi connectivity index (χ1) is 15.1. The molecule has 0 spiro atoms. The van der Waals surface area contributed by atoms with Gasteiger partial charge in [0.05, 0.1) is 5.75 Å². The monoisotopic (exact) mass is 434 g/mol. The first kappa shape index (κ1) is 21.6. The molecule has 31 heavy (non-hydrogen) atoms. The predicted octanol–water partition coefficient (Wildman–Crippen LogP) is 4.40. The van der Waals surface area contributed by atoms with Crippen LogP contribution >= 0.6 is 11.8 Å². The van der Waals surface area contributed by atoms with E-state index in [1.165, 1.54) is 28.5 Å². The number of nitrogens with zero attached hydrogens (tertiary/aromatic N) is 4. The second-order valence-electron chi connectivity index (χ2n) is 8.51. The molecular weight excluding hydrogens is 404 g/mol. The zero-order valence-corrected chi connectivity index (χ0v) is 19.1. The molecule has 0 unspecified atom stereocenters. The van der Waals surface area contributed by atoms with E-state index in [1.54, 1.807) is 0 Å². The minimum Gasteiger partial charge on any atom is -0.337 e. The van der Waals surface area contributed by atoms with Crippen LogP contribution in [0.15, 0.2) is 59.8 Å². The van der Waals surface area contributed by atoms with Crippen molar-refractivity contribution < 1.29 is 4.79 Å². The fraction of sp³-hybridized carbons (Fsp3) is 0.400. The molecule has 0 radical (unpaired) electrons.